The van der Waals surface area contributed by atoms with E-state index in [4.69, 9.17) is 9.05 Å². The van der Waals surface area contributed by atoms with Crippen molar-refractivity contribution in [2.75, 3.05) is 36.5 Å². The maximum Gasteiger partial charge on any atom is 0.357 e. The van der Waals surface area contributed by atoms with Gasteiger partial charge in [-0.25, -0.2) is 0 Å². The maximum atomic E-state index is 14.1. The lowest BCUT2D eigenvalue weighted by Gasteiger charge is -2.29. The number of phenols is 1. The summed E-state index contributed by atoms with van der Waals surface area (Å²) in [5.41, 5.74) is 4.45. The minimum atomic E-state index is -3.70. The van der Waals surface area contributed by atoms with Gasteiger partial charge in [-0.1, -0.05) is 24.3 Å². The number of anilines is 2. The molecule has 0 aliphatic heterocycles. The second-order valence-electron chi connectivity index (χ2n) is 8.83. The molecule has 0 saturated carbocycles. The summed E-state index contributed by atoms with van der Waals surface area (Å²) in [6.07, 6.45) is 0. The molecule has 0 aliphatic rings. The van der Waals surface area contributed by atoms with Crippen LogP contribution in [0.2, 0.25) is 0 Å². The summed E-state index contributed by atoms with van der Waals surface area (Å²) in [6.45, 7) is 12.8. The van der Waals surface area contributed by atoms with Gasteiger partial charge < -0.3 is 28.9 Å². The van der Waals surface area contributed by atoms with E-state index in [2.05, 4.69) is 59.8 Å². The van der Waals surface area contributed by atoms with Crippen LogP contribution in [0.1, 0.15) is 46.0 Å². The summed E-state index contributed by atoms with van der Waals surface area (Å²) in [6, 6.07) is 19.9. The average Bonchev–Trinajstić information content (AvgIpc) is 3.21. The van der Waals surface area contributed by atoms with E-state index in [1.54, 1.807) is 19.9 Å². The number of nitrogens with zero attached hydrogens (tertiary/aromatic N) is 2. The molecule has 1 unspecified atom stereocenters. The molecule has 4 aromatic rings. The van der Waals surface area contributed by atoms with E-state index in [1.807, 2.05) is 30.3 Å². The van der Waals surface area contributed by atoms with Crippen LogP contribution in [0.5, 0.6) is 5.75 Å². The zero-order chi connectivity index (χ0) is 26.6. The molecule has 1 atom stereocenters. The Morgan fingerprint density at radius 2 is 1.57 bits per heavy atom. The van der Waals surface area contributed by atoms with Crippen LogP contribution < -0.4 is 10.2 Å². The van der Waals surface area contributed by atoms with Gasteiger partial charge in [0.2, 0.25) is 0 Å². The molecule has 0 amide bonds. The molecule has 2 N–H and O–H groups in total. The van der Waals surface area contributed by atoms with Gasteiger partial charge in [-0.3, -0.25) is 4.57 Å². The Bertz CT molecular complexity index is 1400. The lowest BCUT2D eigenvalue weighted by atomic mass is 10.1. The predicted molar refractivity (Wildman–Crippen MR) is 154 cm³/mol. The van der Waals surface area contributed by atoms with Crippen molar-refractivity contribution in [1.82, 2.24) is 4.57 Å². The first-order valence-electron chi connectivity index (χ1n) is 13.1. The largest absolute Gasteiger partial charge is 0.507 e. The molecule has 37 heavy (non-hydrogen) atoms. The SMILES string of the molecule is CCOP(=O)(OCC)C(Nc1ccc2c(c1)c1ccccc1n2CC)c1ccc(N(CC)CC)cc1O. The van der Waals surface area contributed by atoms with Gasteiger partial charge in [0, 0.05) is 64.4 Å². The van der Waals surface area contributed by atoms with E-state index in [1.165, 1.54) is 5.52 Å². The Morgan fingerprint density at radius 1 is 0.892 bits per heavy atom. The lowest BCUT2D eigenvalue weighted by molar-refractivity contribution is 0.213. The van der Waals surface area contributed by atoms with E-state index in [9.17, 15) is 9.67 Å². The number of hydrogen-bond donors (Lipinski definition) is 2. The van der Waals surface area contributed by atoms with Crippen LogP contribution in [0, 0.1) is 0 Å². The molecule has 4 rings (SSSR count). The number of phenolic OH excluding ortho intramolecular Hbond substituents is 1. The van der Waals surface area contributed by atoms with Crippen molar-refractivity contribution in [3.05, 3.63) is 66.2 Å². The minimum absolute atomic E-state index is 0.0465. The van der Waals surface area contributed by atoms with Crippen LogP contribution in [0.3, 0.4) is 0 Å². The number of nitrogens with one attached hydrogen (secondary N) is 1. The molecule has 0 spiro atoms. The van der Waals surface area contributed by atoms with Gasteiger partial charge in [-0.05, 0) is 65.0 Å². The molecule has 0 saturated heterocycles. The van der Waals surface area contributed by atoms with Crippen LogP contribution in [-0.2, 0) is 20.2 Å². The van der Waals surface area contributed by atoms with Gasteiger partial charge in [0.05, 0.1) is 13.2 Å². The Labute approximate surface area is 219 Å². The third kappa shape index (κ3) is 5.22. The van der Waals surface area contributed by atoms with Gasteiger partial charge in [-0.2, -0.15) is 0 Å². The molecule has 1 heterocycles. The summed E-state index contributed by atoms with van der Waals surface area (Å²) in [7, 11) is -3.70. The number of rotatable bonds is 12. The van der Waals surface area contributed by atoms with Crippen molar-refractivity contribution in [2.24, 2.45) is 0 Å². The molecule has 198 valence electrons. The monoisotopic (exact) mass is 523 g/mol. The number of fused-ring (bicyclic) bond motifs is 3. The predicted octanol–water partition coefficient (Wildman–Crippen LogP) is 7.74. The van der Waals surface area contributed by atoms with Crippen molar-refractivity contribution in [3.63, 3.8) is 0 Å². The van der Waals surface area contributed by atoms with Crippen LogP contribution in [0.4, 0.5) is 11.4 Å². The molecule has 3 aromatic carbocycles. The van der Waals surface area contributed by atoms with Crippen molar-refractivity contribution in [3.8, 4) is 5.75 Å². The number of aryl methyl sites for hydroxylation is 1. The summed E-state index contributed by atoms with van der Waals surface area (Å²) in [5, 5.41) is 16.8. The van der Waals surface area contributed by atoms with E-state index in [0.717, 1.165) is 47.3 Å². The zero-order valence-electron chi connectivity index (χ0n) is 22.4. The van der Waals surface area contributed by atoms with Crippen LogP contribution in [-0.4, -0.2) is 36.0 Å². The highest BCUT2D eigenvalue weighted by atomic mass is 31.2. The fourth-order valence-corrected chi connectivity index (χ4v) is 7.02. The second-order valence-corrected chi connectivity index (χ2v) is 10.9. The van der Waals surface area contributed by atoms with E-state index >= 15 is 0 Å². The molecule has 0 bridgehead atoms. The Morgan fingerprint density at radius 3 is 2.19 bits per heavy atom. The Kier molecular flexibility index (Phi) is 8.48. The maximum absolute atomic E-state index is 14.1. The highest BCUT2D eigenvalue weighted by Crippen LogP contribution is 2.62. The molecular formula is C29H38N3O4P. The second kappa shape index (κ2) is 11.6. The first kappa shape index (κ1) is 27.1. The standard InChI is InChI=1S/C29H38N3O4P/c1-6-31(7-2)22-16-17-24(28(33)20-22)29(37(34,35-9-4)36-10-5)30-21-15-18-27-25(19-21)23-13-11-12-14-26(23)32(27)8-3/h11-20,29-30,33H,6-10H2,1-5H3. The Balaban J connectivity index is 1.83. The van der Waals surface area contributed by atoms with E-state index < -0.39 is 13.4 Å². The van der Waals surface area contributed by atoms with Gasteiger partial charge >= 0.3 is 7.60 Å². The zero-order valence-corrected chi connectivity index (χ0v) is 23.3. The van der Waals surface area contributed by atoms with Crippen molar-refractivity contribution >= 4 is 40.8 Å². The van der Waals surface area contributed by atoms with Gasteiger partial charge in [-0.15, -0.1) is 0 Å². The average molecular weight is 524 g/mol. The summed E-state index contributed by atoms with van der Waals surface area (Å²) < 4.78 is 27.9. The number of benzene rings is 3. The first-order chi connectivity index (χ1) is 17.9. The van der Waals surface area contributed by atoms with Crippen molar-refractivity contribution < 1.29 is 18.7 Å². The molecule has 0 radical (unpaired) electrons. The van der Waals surface area contributed by atoms with Gasteiger partial charge in [0.15, 0.2) is 5.78 Å². The highest BCUT2D eigenvalue weighted by molar-refractivity contribution is 7.54. The van der Waals surface area contributed by atoms with Crippen LogP contribution in [0.25, 0.3) is 21.8 Å². The normalized spacial score (nSPS) is 12.8. The van der Waals surface area contributed by atoms with E-state index in [-0.39, 0.29) is 19.0 Å². The first-order valence-corrected chi connectivity index (χ1v) is 14.8. The molecule has 0 aliphatic carbocycles. The van der Waals surface area contributed by atoms with Crippen molar-refractivity contribution in [1.29, 1.82) is 0 Å². The minimum Gasteiger partial charge on any atom is -0.507 e. The van der Waals surface area contributed by atoms with Gasteiger partial charge in [0.25, 0.3) is 0 Å². The summed E-state index contributed by atoms with van der Waals surface area (Å²) in [5.74, 6) is -0.847. The summed E-state index contributed by atoms with van der Waals surface area (Å²) >= 11 is 0. The number of para-hydroxylation sites is 1. The van der Waals surface area contributed by atoms with Crippen LogP contribution >= 0.6 is 7.60 Å². The number of aromatic hydroxyl groups is 1. The van der Waals surface area contributed by atoms with Gasteiger partial charge in [0.1, 0.15) is 5.75 Å². The molecule has 8 heteroatoms. The fraction of sp³-hybridized carbons (Fsp3) is 0.379. The summed E-state index contributed by atoms with van der Waals surface area (Å²) in [4.78, 5) is 2.15. The number of aromatic nitrogens is 1. The fourth-order valence-electron chi connectivity index (χ4n) is 5.06. The smallest absolute Gasteiger partial charge is 0.357 e. The van der Waals surface area contributed by atoms with E-state index in [0.29, 0.717) is 5.56 Å². The highest BCUT2D eigenvalue weighted by Gasteiger charge is 2.39. The van der Waals surface area contributed by atoms with Crippen molar-refractivity contribution in [2.45, 2.75) is 46.9 Å². The third-order valence-corrected chi connectivity index (χ3v) is 9.04. The number of hydrogen-bond acceptors (Lipinski definition) is 6. The molecule has 7 nitrogen and oxygen atoms in total. The lowest BCUT2D eigenvalue weighted by Crippen LogP contribution is -2.22. The molecule has 1 aromatic heterocycles. The quantitative estimate of drug-likeness (QED) is 0.185. The molecular weight excluding hydrogens is 485 g/mol. The Hall–Kier alpha value is -2.99. The molecule has 0 fully saturated rings. The van der Waals surface area contributed by atoms with Crippen LogP contribution in [0.15, 0.2) is 60.7 Å². The third-order valence-electron chi connectivity index (χ3n) is 6.76. The topological polar surface area (TPSA) is 76.0 Å².